The molecule has 0 aromatic heterocycles. The topological polar surface area (TPSA) is 122 Å². The van der Waals surface area contributed by atoms with Crippen molar-refractivity contribution >= 4 is 69.2 Å². The van der Waals surface area contributed by atoms with Gasteiger partial charge in [0.15, 0.2) is 11.4 Å². The Labute approximate surface area is 437 Å². The van der Waals surface area contributed by atoms with Gasteiger partial charge in [0.25, 0.3) is 0 Å². The van der Waals surface area contributed by atoms with Crippen molar-refractivity contribution in [1.82, 2.24) is 10.2 Å². The molecule has 3 fully saturated rings. The number of ether oxygens (including phenoxy) is 3. The van der Waals surface area contributed by atoms with Crippen LogP contribution in [0.2, 0.25) is 20.1 Å². The number of hydrogen-bond donors (Lipinski definition) is 4. The predicted molar refractivity (Wildman–Crippen MR) is 286 cm³/mol. The molecule has 3 heterocycles. The first-order chi connectivity index (χ1) is 34.1. The molecule has 6 aromatic carbocycles. The average Bonchev–Trinajstić information content (AvgIpc) is 4.25. The number of halogens is 4. The smallest absolute Gasteiger partial charge is 0.187 e. The summed E-state index contributed by atoms with van der Waals surface area (Å²) in [5.41, 5.74) is 7.40. The van der Waals surface area contributed by atoms with Crippen LogP contribution in [-0.4, -0.2) is 99.1 Å². The van der Waals surface area contributed by atoms with Gasteiger partial charge in [0.05, 0.1) is 72.6 Å². The SMILES string of the molecule is C.OCCOc1ccc(N2CCNC[C@H]2c2ccc(Cl)cc2)c(Cl)c1.[C-]#[N+]c1ccc([C@H](O)CN2CCN(c3ccc(OCCO)cc3Cl)[C@H](c3ccc(Cl)cc3)C2)cc1.[C-]#[N+]c1ccc([C@H]2CO2)cc1. The molecule has 3 aliphatic rings. The lowest BCUT2D eigenvalue weighted by Gasteiger charge is -2.44. The highest BCUT2D eigenvalue weighted by molar-refractivity contribution is 6.34. The second kappa shape index (κ2) is 27.3. The lowest BCUT2D eigenvalue weighted by Crippen LogP contribution is -2.49. The molecule has 16 heteroatoms. The molecule has 3 saturated heterocycles. The molecular formula is C55H58Cl4N6O6. The molecule has 6 aromatic rings. The number of hydrogen-bond acceptors (Lipinski definition) is 10. The molecular weight excluding hydrogens is 982 g/mol. The van der Waals surface area contributed by atoms with Gasteiger partial charge in [-0.05, 0) is 70.8 Å². The molecule has 372 valence electrons. The largest absolute Gasteiger partial charge is 0.491 e. The van der Waals surface area contributed by atoms with Crippen molar-refractivity contribution in [3.8, 4) is 11.5 Å². The molecule has 0 radical (unpaired) electrons. The van der Waals surface area contributed by atoms with Crippen LogP contribution in [0, 0.1) is 13.1 Å². The van der Waals surface area contributed by atoms with Crippen LogP contribution < -0.4 is 24.6 Å². The van der Waals surface area contributed by atoms with Crippen LogP contribution in [0.15, 0.2) is 133 Å². The lowest BCUT2D eigenvalue weighted by atomic mass is 10.00. The van der Waals surface area contributed by atoms with Gasteiger partial charge in [0, 0.05) is 68.0 Å². The summed E-state index contributed by atoms with van der Waals surface area (Å²) in [6.45, 7) is 20.3. The van der Waals surface area contributed by atoms with Gasteiger partial charge in [0.2, 0.25) is 0 Å². The van der Waals surface area contributed by atoms with E-state index < -0.39 is 6.10 Å². The van der Waals surface area contributed by atoms with E-state index in [-0.39, 0.29) is 45.9 Å². The Kier molecular flexibility index (Phi) is 21.1. The number of β-amino-alcohol motifs (C(OH)–C–C–N with tert-alkyl or cyclic N) is 1. The summed E-state index contributed by atoms with van der Waals surface area (Å²) in [6.07, 6.45) is -0.353. The lowest BCUT2D eigenvalue weighted by molar-refractivity contribution is 0.100. The van der Waals surface area contributed by atoms with Crippen molar-refractivity contribution < 1.29 is 29.5 Å². The van der Waals surface area contributed by atoms with Crippen molar-refractivity contribution in [2.45, 2.75) is 31.7 Å². The average molecular weight is 1040 g/mol. The Morgan fingerprint density at radius 3 is 1.59 bits per heavy atom. The summed E-state index contributed by atoms with van der Waals surface area (Å²) in [5, 5.41) is 34.8. The van der Waals surface area contributed by atoms with Crippen LogP contribution in [0.4, 0.5) is 22.7 Å². The molecule has 71 heavy (non-hydrogen) atoms. The molecule has 0 spiro atoms. The fourth-order valence-corrected chi connectivity index (χ4v) is 9.12. The zero-order valence-corrected chi connectivity index (χ0v) is 41.3. The van der Waals surface area contributed by atoms with E-state index in [9.17, 15) is 5.11 Å². The third-order valence-electron chi connectivity index (χ3n) is 12.0. The maximum Gasteiger partial charge on any atom is 0.187 e. The Bertz CT molecular complexity index is 2680. The second-order valence-electron chi connectivity index (χ2n) is 16.6. The molecule has 12 nitrogen and oxygen atoms in total. The van der Waals surface area contributed by atoms with E-state index in [2.05, 4.69) is 41.8 Å². The van der Waals surface area contributed by atoms with E-state index in [1.165, 1.54) is 11.1 Å². The predicted octanol–water partition coefficient (Wildman–Crippen LogP) is 12.0. The number of anilines is 2. The second-order valence-corrected chi connectivity index (χ2v) is 18.3. The van der Waals surface area contributed by atoms with Gasteiger partial charge in [-0.15, -0.1) is 0 Å². The highest BCUT2D eigenvalue weighted by Crippen LogP contribution is 2.39. The van der Waals surface area contributed by atoms with E-state index in [0.29, 0.717) is 63.7 Å². The van der Waals surface area contributed by atoms with Crippen molar-refractivity contribution in [2.24, 2.45) is 0 Å². The van der Waals surface area contributed by atoms with Gasteiger partial charge in [0.1, 0.15) is 30.8 Å². The third-order valence-corrected chi connectivity index (χ3v) is 13.1. The highest BCUT2D eigenvalue weighted by Gasteiger charge is 2.31. The minimum atomic E-state index is -0.654. The van der Waals surface area contributed by atoms with E-state index in [0.717, 1.165) is 60.3 Å². The van der Waals surface area contributed by atoms with E-state index >= 15 is 0 Å². The summed E-state index contributed by atoms with van der Waals surface area (Å²) in [6, 6.07) is 41.8. The zero-order chi connectivity index (χ0) is 49.4. The number of aliphatic hydroxyl groups is 3. The quantitative estimate of drug-likeness (QED) is 0.0620. The first kappa shape index (κ1) is 54.7. The Morgan fingerprint density at radius 1 is 0.634 bits per heavy atom. The van der Waals surface area contributed by atoms with Gasteiger partial charge in [-0.3, -0.25) is 4.90 Å². The van der Waals surface area contributed by atoms with Crippen LogP contribution >= 0.6 is 46.4 Å². The van der Waals surface area contributed by atoms with Crippen LogP contribution in [0.1, 0.15) is 54.0 Å². The molecule has 9 rings (SSSR count). The molecule has 0 aliphatic carbocycles. The minimum absolute atomic E-state index is 0. The number of benzene rings is 6. The van der Waals surface area contributed by atoms with E-state index in [1.807, 2.05) is 97.1 Å². The van der Waals surface area contributed by atoms with Crippen molar-refractivity contribution in [2.75, 3.05) is 88.6 Å². The summed E-state index contributed by atoms with van der Waals surface area (Å²) in [7, 11) is 0. The fraction of sp³-hybridized carbons (Fsp3) is 0.309. The standard InChI is InChI=1S/C27H27Cl2N3O3.C18H20Cl2N2O2.C9H7NO.CH4/c1-30-22-8-4-20(5-9-22)27(34)18-31-12-13-32(26(17-31)19-2-6-21(28)7-3-19)25-11-10-23(16-24(25)29)35-15-14-33;19-14-3-1-13(2-4-14)18-12-21-7-8-22(18)17-6-5-15(11-16(17)20)24-10-9-23;1-10-8-4-2-7(3-5-8)9-6-11-9;/h2-11,16,26-27,33-34H,12-15,17-18H2;1-6,11,18,21,23H,7-10,12H2;2-5,9H,6H2;1H4/t26-,27+;18-;9-;/m001./s1. The van der Waals surface area contributed by atoms with Crippen molar-refractivity contribution in [3.63, 3.8) is 0 Å². The van der Waals surface area contributed by atoms with Crippen molar-refractivity contribution in [3.05, 3.63) is 199 Å². The monoisotopic (exact) mass is 1040 g/mol. The van der Waals surface area contributed by atoms with Gasteiger partial charge < -0.3 is 44.6 Å². The minimum Gasteiger partial charge on any atom is -0.491 e. The first-order valence-electron chi connectivity index (χ1n) is 22.9. The van der Waals surface area contributed by atoms with Crippen LogP contribution in [0.3, 0.4) is 0 Å². The van der Waals surface area contributed by atoms with E-state index in [4.69, 9.17) is 84.0 Å². The molecule has 0 saturated carbocycles. The number of nitrogens with one attached hydrogen (secondary N) is 1. The number of rotatable bonds is 14. The number of epoxide rings is 1. The van der Waals surface area contributed by atoms with Gasteiger partial charge in [-0.25, -0.2) is 9.69 Å². The normalized spacial score (nSPS) is 17.7. The van der Waals surface area contributed by atoms with Crippen molar-refractivity contribution in [1.29, 1.82) is 0 Å². The van der Waals surface area contributed by atoms with Gasteiger partial charge in [-0.1, -0.05) is 127 Å². The fourth-order valence-electron chi connectivity index (χ4n) is 8.31. The highest BCUT2D eigenvalue weighted by atomic mass is 35.5. The van der Waals surface area contributed by atoms with E-state index in [1.54, 1.807) is 24.3 Å². The number of piperazine rings is 2. The Morgan fingerprint density at radius 2 is 1.11 bits per heavy atom. The molecule has 0 unspecified atom stereocenters. The number of aliphatic hydroxyl groups excluding tert-OH is 3. The molecule has 0 bridgehead atoms. The van der Waals surface area contributed by atoms with Gasteiger partial charge in [-0.2, -0.15) is 0 Å². The van der Waals surface area contributed by atoms with Crippen LogP contribution in [0.25, 0.3) is 9.69 Å². The maximum atomic E-state index is 10.9. The summed E-state index contributed by atoms with van der Waals surface area (Å²) >= 11 is 25.3. The zero-order valence-electron chi connectivity index (χ0n) is 38.3. The third kappa shape index (κ3) is 15.5. The summed E-state index contributed by atoms with van der Waals surface area (Å²) < 4.78 is 16.0. The summed E-state index contributed by atoms with van der Waals surface area (Å²) in [4.78, 5) is 13.5. The Hall–Kier alpha value is -5.58. The molecule has 4 atom stereocenters. The number of nitrogens with zero attached hydrogens (tertiary/aromatic N) is 5. The van der Waals surface area contributed by atoms with Crippen LogP contribution in [0.5, 0.6) is 11.5 Å². The Balaban J connectivity index is 0.000000196. The summed E-state index contributed by atoms with van der Waals surface area (Å²) in [5.74, 6) is 1.28. The molecule has 0 amide bonds. The maximum absolute atomic E-state index is 10.9. The van der Waals surface area contributed by atoms with Gasteiger partial charge >= 0.3 is 0 Å². The molecule has 3 aliphatic heterocycles. The molecule has 4 N–H and O–H groups in total. The van der Waals surface area contributed by atoms with Crippen LogP contribution in [-0.2, 0) is 4.74 Å². The first-order valence-corrected chi connectivity index (χ1v) is 24.4.